The molecule has 1 aliphatic heterocycles. The molecule has 2 atom stereocenters. The van der Waals surface area contributed by atoms with Crippen LogP contribution in [0.4, 0.5) is 0 Å². The Morgan fingerprint density at radius 3 is 1.85 bits per heavy atom. The zero-order chi connectivity index (χ0) is 14.5. The van der Waals surface area contributed by atoms with E-state index in [0.29, 0.717) is 12.6 Å². The summed E-state index contributed by atoms with van der Waals surface area (Å²) in [6.07, 6.45) is 1.21. The molecular weight excluding hydrogens is 258 g/mol. The van der Waals surface area contributed by atoms with Crippen molar-refractivity contribution < 1.29 is 19.2 Å². The highest BCUT2D eigenvalue weighted by atomic mass is 16.2. The molecule has 0 spiro atoms. The summed E-state index contributed by atoms with van der Waals surface area (Å²) < 4.78 is 0. The average molecular weight is 273 g/mol. The van der Waals surface area contributed by atoms with Gasteiger partial charge in [0.05, 0.1) is 18.4 Å². The molecule has 104 valence electrons. The molecule has 1 aliphatic rings. The van der Waals surface area contributed by atoms with Crippen molar-refractivity contribution in [3.63, 3.8) is 0 Å². The minimum atomic E-state index is -0.700. The summed E-state index contributed by atoms with van der Waals surface area (Å²) in [6, 6.07) is 9.14. The summed E-state index contributed by atoms with van der Waals surface area (Å²) in [4.78, 5) is 46.9. The van der Waals surface area contributed by atoms with Crippen LogP contribution in [0.25, 0.3) is 0 Å². The van der Waals surface area contributed by atoms with Gasteiger partial charge in [-0.15, -0.1) is 0 Å². The predicted molar refractivity (Wildman–Crippen MR) is 70.3 cm³/mol. The van der Waals surface area contributed by atoms with Crippen molar-refractivity contribution >= 4 is 24.4 Å². The summed E-state index contributed by atoms with van der Waals surface area (Å²) in [5.41, 5.74) is 0.839. The molecule has 1 aromatic rings. The van der Waals surface area contributed by atoms with Crippen LogP contribution in [0.5, 0.6) is 0 Å². The molecule has 0 N–H and O–H groups in total. The molecule has 1 aromatic carbocycles. The van der Waals surface area contributed by atoms with E-state index < -0.39 is 11.8 Å². The van der Waals surface area contributed by atoms with E-state index in [9.17, 15) is 19.2 Å². The monoisotopic (exact) mass is 273 g/mol. The van der Waals surface area contributed by atoms with Crippen LogP contribution in [0.2, 0.25) is 0 Å². The normalized spacial score (nSPS) is 22.1. The maximum absolute atomic E-state index is 12.2. The Balaban J connectivity index is 2.21. The molecule has 0 saturated carbocycles. The van der Waals surface area contributed by atoms with Gasteiger partial charge in [0.1, 0.15) is 12.6 Å². The Hall–Kier alpha value is -2.30. The van der Waals surface area contributed by atoms with E-state index in [1.807, 2.05) is 30.3 Å². The zero-order valence-electron chi connectivity index (χ0n) is 10.9. The van der Waals surface area contributed by atoms with Crippen LogP contribution >= 0.6 is 0 Å². The molecule has 0 radical (unpaired) electrons. The summed E-state index contributed by atoms with van der Waals surface area (Å²) in [5, 5.41) is 0. The van der Waals surface area contributed by atoms with Gasteiger partial charge in [0, 0.05) is 12.8 Å². The lowest BCUT2D eigenvalue weighted by Crippen LogP contribution is -2.30. The number of nitrogens with zero attached hydrogens (tertiary/aromatic N) is 1. The van der Waals surface area contributed by atoms with E-state index in [1.165, 1.54) is 0 Å². The molecule has 1 fully saturated rings. The number of aldehydes is 2. The predicted octanol–water partition coefficient (Wildman–Crippen LogP) is 0.966. The van der Waals surface area contributed by atoms with Crippen molar-refractivity contribution in [2.75, 3.05) is 0 Å². The fourth-order valence-corrected chi connectivity index (χ4v) is 2.51. The van der Waals surface area contributed by atoms with E-state index in [1.54, 1.807) is 0 Å². The quantitative estimate of drug-likeness (QED) is 0.572. The molecule has 0 unspecified atom stereocenters. The lowest BCUT2D eigenvalue weighted by molar-refractivity contribution is -0.141. The first-order valence-corrected chi connectivity index (χ1v) is 6.45. The minimum Gasteiger partial charge on any atom is -0.303 e. The third kappa shape index (κ3) is 2.66. The van der Waals surface area contributed by atoms with E-state index in [4.69, 9.17) is 0 Å². The summed E-state index contributed by atoms with van der Waals surface area (Å²) in [7, 11) is 0. The fraction of sp³-hybridized carbons (Fsp3) is 0.333. The van der Waals surface area contributed by atoms with E-state index in [2.05, 4.69) is 0 Å². The van der Waals surface area contributed by atoms with Gasteiger partial charge in [-0.25, -0.2) is 0 Å². The number of carbonyl (C=O) groups excluding carboxylic acids is 4. The van der Waals surface area contributed by atoms with Crippen LogP contribution in [0, 0.1) is 11.8 Å². The Labute approximate surface area is 116 Å². The number of imide groups is 1. The topological polar surface area (TPSA) is 71.5 Å². The highest BCUT2D eigenvalue weighted by molar-refractivity contribution is 6.06. The van der Waals surface area contributed by atoms with Crippen LogP contribution in [0.15, 0.2) is 30.3 Å². The van der Waals surface area contributed by atoms with Crippen molar-refractivity contribution in [1.29, 1.82) is 0 Å². The summed E-state index contributed by atoms with van der Waals surface area (Å²) in [6.45, 7) is 0.184. The SMILES string of the molecule is O=CC[C@@H]1C(=O)N(Cc2ccccc2)C(=O)[C@@H]1CC=O. The van der Waals surface area contributed by atoms with Crippen LogP contribution < -0.4 is 0 Å². The molecule has 5 nitrogen and oxygen atoms in total. The van der Waals surface area contributed by atoms with Gasteiger partial charge in [-0.1, -0.05) is 30.3 Å². The van der Waals surface area contributed by atoms with Crippen molar-refractivity contribution in [2.24, 2.45) is 11.8 Å². The molecule has 2 amide bonds. The Morgan fingerprint density at radius 1 is 0.900 bits per heavy atom. The molecular formula is C15H15NO4. The number of likely N-dealkylation sites (tertiary alicyclic amines) is 1. The number of amides is 2. The lowest BCUT2D eigenvalue weighted by Gasteiger charge is -2.14. The lowest BCUT2D eigenvalue weighted by atomic mass is 9.90. The number of benzene rings is 1. The molecule has 2 rings (SSSR count). The molecule has 5 heteroatoms. The Bertz CT molecular complexity index is 498. The molecule has 0 aromatic heterocycles. The molecule has 1 heterocycles. The average Bonchev–Trinajstić information content (AvgIpc) is 2.67. The third-order valence-electron chi connectivity index (χ3n) is 3.54. The number of carbonyl (C=O) groups is 4. The summed E-state index contributed by atoms with van der Waals surface area (Å²) >= 11 is 0. The standard InChI is InChI=1S/C15H15NO4/c17-8-6-12-13(7-9-18)15(20)16(14(12)19)10-11-4-2-1-3-5-11/h1-5,8-9,12-13H,6-7,10H2/t12-,13+. The van der Waals surface area contributed by atoms with Crippen LogP contribution in [-0.2, 0) is 25.7 Å². The van der Waals surface area contributed by atoms with Gasteiger partial charge in [-0.2, -0.15) is 0 Å². The van der Waals surface area contributed by atoms with E-state index in [-0.39, 0.29) is 31.2 Å². The van der Waals surface area contributed by atoms with Crippen LogP contribution in [-0.4, -0.2) is 29.3 Å². The molecule has 20 heavy (non-hydrogen) atoms. The van der Waals surface area contributed by atoms with Gasteiger partial charge in [-0.05, 0) is 5.56 Å². The first-order valence-electron chi connectivity index (χ1n) is 6.45. The van der Waals surface area contributed by atoms with Crippen molar-refractivity contribution in [3.8, 4) is 0 Å². The highest BCUT2D eigenvalue weighted by Gasteiger charge is 2.46. The highest BCUT2D eigenvalue weighted by Crippen LogP contribution is 2.31. The maximum atomic E-state index is 12.2. The van der Waals surface area contributed by atoms with Gasteiger partial charge in [0.25, 0.3) is 0 Å². The fourth-order valence-electron chi connectivity index (χ4n) is 2.51. The number of hydrogen-bond acceptors (Lipinski definition) is 4. The van der Waals surface area contributed by atoms with Crippen molar-refractivity contribution in [3.05, 3.63) is 35.9 Å². The van der Waals surface area contributed by atoms with Crippen molar-refractivity contribution in [2.45, 2.75) is 19.4 Å². The van der Waals surface area contributed by atoms with Crippen LogP contribution in [0.1, 0.15) is 18.4 Å². The number of rotatable bonds is 6. The zero-order valence-corrected chi connectivity index (χ0v) is 10.9. The second-order valence-corrected chi connectivity index (χ2v) is 4.77. The maximum Gasteiger partial charge on any atom is 0.233 e. The third-order valence-corrected chi connectivity index (χ3v) is 3.54. The van der Waals surface area contributed by atoms with Crippen molar-refractivity contribution in [1.82, 2.24) is 4.90 Å². The van der Waals surface area contributed by atoms with Crippen LogP contribution in [0.3, 0.4) is 0 Å². The van der Waals surface area contributed by atoms with E-state index in [0.717, 1.165) is 10.5 Å². The van der Waals surface area contributed by atoms with Gasteiger partial charge in [0.15, 0.2) is 0 Å². The molecule has 0 aliphatic carbocycles. The first kappa shape index (κ1) is 14.1. The Kier molecular flexibility index (Phi) is 4.40. The molecule has 0 bridgehead atoms. The smallest absolute Gasteiger partial charge is 0.233 e. The van der Waals surface area contributed by atoms with Gasteiger partial charge < -0.3 is 9.59 Å². The molecule has 1 saturated heterocycles. The second kappa shape index (κ2) is 6.23. The van der Waals surface area contributed by atoms with Gasteiger partial charge >= 0.3 is 0 Å². The Morgan fingerprint density at radius 2 is 1.40 bits per heavy atom. The van der Waals surface area contributed by atoms with Gasteiger partial charge in [-0.3, -0.25) is 14.5 Å². The second-order valence-electron chi connectivity index (χ2n) is 4.77. The largest absolute Gasteiger partial charge is 0.303 e. The van der Waals surface area contributed by atoms with E-state index >= 15 is 0 Å². The first-order chi connectivity index (χ1) is 9.69. The number of hydrogen-bond donors (Lipinski definition) is 0. The van der Waals surface area contributed by atoms with Gasteiger partial charge in [0.2, 0.25) is 11.8 Å². The summed E-state index contributed by atoms with van der Waals surface area (Å²) in [5.74, 6) is -2.13. The minimum absolute atomic E-state index is 0.0195.